The predicted molar refractivity (Wildman–Crippen MR) is 67.1 cm³/mol. The summed E-state index contributed by atoms with van der Waals surface area (Å²) in [4.78, 5) is 22.5. The first-order valence-corrected chi connectivity index (χ1v) is 6.48. The Balaban J connectivity index is 2.38. The van der Waals surface area contributed by atoms with Gasteiger partial charge in [-0.15, -0.1) is 0 Å². The molecule has 0 bridgehead atoms. The standard InChI is InChI=1S/C13H23NO4/c1-13(2,8-12(17)18)7-11(16)14-9-4-3-5-10(15)6-9/h9-10,15H,3-8H2,1-2H3,(H,14,16)(H,17,18). The van der Waals surface area contributed by atoms with Gasteiger partial charge in [-0.05, 0) is 31.1 Å². The number of aliphatic carboxylic acids is 1. The fourth-order valence-corrected chi connectivity index (χ4v) is 2.48. The number of carboxylic acids is 1. The largest absolute Gasteiger partial charge is 0.481 e. The summed E-state index contributed by atoms with van der Waals surface area (Å²) in [6, 6.07) is 0.0295. The third kappa shape index (κ3) is 5.49. The number of hydrogen-bond donors (Lipinski definition) is 3. The Hall–Kier alpha value is -1.10. The number of carboxylic acid groups (broad SMARTS) is 1. The SMILES string of the molecule is CC(C)(CC(=O)O)CC(=O)NC1CCCC(O)C1. The second-order valence-corrected chi connectivity index (χ2v) is 6.00. The molecule has 1 amide bonds. The van der Waals surface area contributed by atoms with E-state index in [1.165, 1.54) is 0 Å². The monoisotopic (exact) mass is 257 g/mol. The van der Waals surface area contributed by atoms with Crippen LogP contribution in [0.25, 0.3) is 0 Å². The molecule has 0 aromatic rings. The highest BCUT2D eigenvalue weighted by Gasteiger charge is 2.27. The average Bonchev–Trinajstić information content (AvgIpc) is 2.13. The smallest absolute Gasteiger partial charge is 0.303 e. The highest BCUT2D eigenvalue weighted by molar-refractivity contribution is 5.78. The Morgan fingerprint density at radius 2 is 1.94 bits per heavy atom. The fraction of sp³-hybridized carbons (Fsp3) is 0.846. The van der Waals surface area contributed by atoms with Gasteiger partial charge in [0.15, 0.2) is 0 Å². The Bertz CT molecular complexity index is 314. The van der Waals surface area contributed by atoms with Gasteiger partial charge in [-0.3, -0.25) is 9.59 Å². The topological polar surface area (TPSA) is 86.6 Å². The van der Waals surface area contributed by atoms with Gasteiger partial charge in [-0.25, -0.2) is 0 Å². The van der Waals surface area contributed by atoms with Crippen LogP contribution in [0.4, 0.5) is 0 Å². The van der Waals surface area contributed by atoms with Crippen LogP contribution in [0.2, 0.25) is 0 Å². The van der Waals surface area contributed by atoms with E-state index in [0.29, 0.717) is 6.42 Å². The van der Waals surface area contributed by atoms with E-state index in [2.05, 4.69) is 5.32 Å². The van der Waals surface area contributed by atoms with Crippen LogP contribution in [0.3, 0.4) is 0 Å². The zero-order valence-corrected chi connectivity index (χ0v) is 11.1. The second-order valence-electron chi connectivity index (χ2n) is 6.00. The summed E-state index contributed by atoms with van der Waals surface area (Å²) in [5.41, 5.74) is -0.538. The highest BCUT2D eigenvalue weighted by atomic mass is 16.4. The lowest BCUT2D eigenvalue weighted by molar-refractivity contribution is -0.139. The molecule has 3 N–H and O–H groups in total. The molecule has 1 rings (SSSR count). The molecular formula is C13H23NO4. The molecule has 1 fully saturated rings. The quantitative estimate of drug-likeness (QED) is 0.692. The molecule has 18 heavy (non-hydrogen) atoms. The summed E-state index contributed by atoms with van der Waals surface area (Å²) in [6.45, 7) is 3.55. The Labute approximate surface area is 108 Å². The molecule has 0 heterocycles. The van der Waals surface area contributed by atoms with Gasteiger partial charge in [-0.1, -0.05) is 13.8 Å². The van der Waals surface area contributed by atoms with Crippen molar-refractivity contribution in [3.8, 4) is 0 Å². The molecule has 0 aromatic heterocycles. The summed E-state index contributed by atoms with van der Waals surface area (Å²) in [7, 11) is 0. The summed E-state index contributed by atoms with van der Waals surface area (Å²) in [6.07, 6.45) is 3.07. The van der Waals surface area contributed by atoms with E-state index < -0.39 is 11.4 Å². The third-order valence-corrected chi connectivity index (χ3v) is 3.28. The summed E-state index contributed by atoms with van der Waals surface area (Å²) in [5, 5.41) is 21.2. The molecule has 2 atom stereocenters. The third-order valence-electron chi connectivity index (χ3n) is 3.28. The highest BCUT2D eigenvalue weighted by Crippen LogP contribution is 2.25. The van der Waals surface area contributed by atoms with E-state index >= 15 is 0 Å². The van der Waals surface area contributed by atoms with Crippen LogP contribution >= 0.6 is 0 Å². The zero-order valence-electron chi connectivity index (χ0n) is 11.1. The molecular weight excluding hydrogens is 234 g/mol. The molecule has 0 radical (unpaired) electrons. The summed E-state index contributed by atoms with van der Waals surface area (Å²) < 4.78 is 0. The van der Waals surface area contributed by atoms with Crippen LogP contribution in [0.15, 0.2) is 0 Å². The summed E-state index contributed by atoms with van der Waals surface area (Å²) in [5.74, 6) is -1.01. The molecule has 5 heteroatoms. The molecule has 0 aliphatic heterocycles. The van der Waals surface area contributed by atoms with Gasteiger partial charge < -0.3 is 15.5 Å². The fourth-order valence-electron chi connectivity index (χ4n) is 2.48. The van der Waals surface area contributed by atoms with Crippen molar-refractivity contribution in [3.05, 3.63) is 0 Å². The number of rotatable bonds is 5. The molecule has 1 aliphatic rings. The molecule has 0 aromatic carbocycles. The van der Waals surface area contributed by atoms with Crippen molar-refractivity contribution in [1.29, 1.82) is 0 Å². The number of amides is 1. The van der Waals surface area contributed by atoms with Gasteiger partial charge in [-0.2, -0.15) is 0 Å². The molecule has 1 saturated carbocycles. The first-order chi connectivity index (χ1) is 8.28. The molecule has 0 saturated heterocycles. The van der Waals surface area contributed by atoms with Crippen molar-refractivity contribution in [3.63, 3.8) is 0 Å². The lowest BCUT2D eigenvalue weighted by Crippen LogP contribution is -2.41. The zero-order chi connectivity index (χ0) is 13.8. The van der Waals surface area contributed by atoms with Crippen LogP contribution < -0.4 is 5.32 Å². The van der Waals surface area contributed by atoms with Crippen LogP contribution in [0.5, 0.6) is 0 Å². The van der Waals surface area contributed by atoms with Crippen molar-refractivity contribution in [2.45, 2.75) is 64.5 Å². The maximum Gasteiger partial charge on any atom is 0.303 e. The van der Waals surface area contributed by atoms with Gasteiger partial charge in [0.2, 0.25) is 5.91 Å². The van der Waals surface area contributed by atoms with Gasteiger partial charge in [0.05, 0.1) is 12.5 Å². The first-order valence-electron chi connectivity index (χ1n) is 6.48. The van der Waals surface area contributed by atoms with E-state index in [9.17, 15) is 14.7 Å². The number of aliphatic hydroxyl groups excluding tert-OH is 1. The maximum atomic E-state index is 11.8. The molecule has 1 aliphatic carbocycles. The summed E-state index contributed by atoms with van der Waals surface area (Å²) >= 11 is 0. The average molecular weight is 257 g/mol. The van der Waals surface area contributed by atoms with Gasteiger partial charge in [0.1, 0.15) is 0 Å². The number of aliphatic hydroxyl groups is 1. The van der Waals surface area contributed by atoms with E-state index in [1.54, 1.807) is 13.8 Å². The van der Waals surface area contributed by atoms with Crippen molar-refractivity contribution < 1.29 is 19.8 Å². The van der Waals surface area contributed by atoms with E-state index in [1.807, 2.05) is 0 Å². The number of nitrogens with one attached hydrogen (secondary N) is 1. The lowest BCUT2D eigenvalue weighted by Gasteiger charge is -2.28. The second kappa shape index (κ2) is 6.18. The molecule has 104 valence electrons. The first kappa shape index (κ1) is 15.0. The Morgan fingerprint density at radius 1 is 1.28 bits per heavy atom. The van der Waals surface area contributed by atoms with Gasteiger partial charge in [0, 0.05) is 12.5 Å². The van der Waals surface area contributed by atoms with Gasteiger partial charge >= 0.3 is 5.97 Å². The van der Waals surface area contributed by atoms with Crippen LogP contribution in [0, 0.1) is 5.41 Å². The van der Waals surface area contributed by atoms with E-state index in [0.717, 1.165) is 19.3 Å². The number of carbonyl (C=O) groups is 2. The minimum Gasteiger partial charge on any atom is -0.481 e. The Morgan fingerprint density at radius 3 is 2.50 bits per heavy atom. The number of hydrogen-bond acceptors (Lipinski definition) is 3. The van der Waals surface area contributed by atoms with E-state index in [4.69, 9.17) is 5.11 Å². The minimum absolute atomic E-state index is 0.0201. The van der Waals surface area contributed by atoms with Crippen LogP contribution in [-0.2, 0) is 9.59 Å². The minimum atomic E-state index is -0.888. The molecule has 5 nitrogen and oxygen atoms in total. The normalized spacial score (nSPS) is 24.6. The lowest BCUT2D eigenvalue weighted by atomic mass is 9.85. The molecule has 0 spiro atoms. The number of carbonyl (C=O) groups excluding carboxylic acids is 1. The van der Waals surface area contributed by atoms with E-state index in [-0.39, 0.29) is 30.9 Å². The molecule has 2 unspecified atom stereocenters. The van der Waals surface area contributed by atoms with Crippen molar-refractivity contribution in [1.82, 2.24) is 5.32 Å². The maximum absolute atomic E-state index is 11.8. The van der Waals surface area contributed by atoms with Crippen molar-refractivity contribution in [2.75, 3.05) is 0 Å². The van der Waals surface area contributed by atoms with Gasteiger partial charge in [0.25, 0.3) is 0 Å². The van der Waals surface area contributed by atoms with Crippen LogP contribution in [0.1, 0.15) is 52.4 Å². The van der Waals surface area contributed by atoms with Crippen LogP contribution in [-0.4, -0.2) is 34.2 Å². The predicted octanol–water partition coefficient (Wildman–Crippen LogP) is 1.30. The van der Waals surface area contributed by atoms with Crippen molar-refractivity contribution in [2.24, 2.45) is 5.41 Å². The Kier molecular flexibility index (Phi) is 5.14. The van der Waals surface area contributed by atoms with Crippen molar-refractivity contribution >= 4 is 11.9 Å².